The number of hydrogen-bond donors (Lipinski definition) is 1. The highest BCUT2D eigenvalue weighted by Crippen LogP contribution is 2.31. The quantitative estimate of drug-likeness (QED) is 0.676. The number of anilines is 1. The van der Waals surface area contributed by atoms with Crippen LogP contribution in [0.4, 0.5) is 10.1 Å². The van der Waals surface area contributed by atoms with Gasteiger partial charge in [-0.2, -0.15) is 0 Å². The Labute approximate surface area is 147 Å². The van der Waals surface area contributed by atoms with E-state index >= 15 is 0 Å². The van der Waals surface area contributed by atoms with E-state index in [-0.39, 0.29) is 23.3 Å². The molecule has 0 aliphatic carbocycles. The number of carbonyl (C=O) groups is 1. The summed E-state index contributed by atoms with van der Waals surface area (Å²) in [6, 6.07) is 15.3. The maximum absolute atomic E-state index is 13.0. The van der Waals surface area contributed by atoms with E-state index in [1.54, 1.807) is 11.3 Å². The number of halogens is 2. The van der Waals surface area contributed by atoms with Crippen LogP contribution in [0.5, 0.6) is 5.75 Å². The van der Waals surface area contributed by atoms with E-state index in [9.17, 15) is 9.18 Å². The minimum Gasteiger partial charge on any atom is -0.482 e. The second-order valence-electron chi connectivity index (χ2n) is 4.93. The van der Waals surface area contributed by atoms with Gasteiger partial charge in [0.2, 0.25) is 0 Å². The van der Waals surface area contributed by atoms with Crippen molar-refractivity contribution in [2.45, 2.75) is 0 Å². The number of rotatable bonds is 5. The number of thiophene rings is 1. The van der Waals surface area contributed by atoms with Crippen molar-refractivity contribution in [1.29, 1.82) is 0 Å². The van der Waals surface area contributed by atoms with Crippen LogP contribution in [0.15, 0.2) is 60.0 Å². The molecule has 0 aliphatic rings. The van der Waals surface area contributed by atoms with Crippen molar-refractivity contribution >= 4 is 34.5 Å². The molecule has 0 saturated heterocycles. The molecule has 0 spiro atoms. The maximum atomic E-state index is 13.0. The number of benzene rings is 2. The Morgan fingerprint density at radius 2 is 2.00 bits per heavy atom. The molecule has 0 saturated carbocycles. The molecule has 3 aromatic rings. The lowest BCUT2D eigenvalue weighted by Gasteiger charge is -2.11. The van der Waals surface area contributed by atoms with Gasteiger partial charge in [0.25, 0.3) is 5.91 Å². The van der Waals surface area contributed by atoms with E-state index in [1.165, 1.54) is 12.1 Å². The van der Waals surface area contributed by atoms with Gasteiger partial charge in [0.15, 0.2) is 6.61 Å². The van der Waals surface area contributed by atoms with E-state index in [2.05, 4.69) is 5.32 Å². The predicted molar refractivity (Wildman–Crippen MR) is 95.3 cm³/mol. The lowest BCUT2D eigenvalue weighted by molar-refractivity contribution is -0.118. The average molecular weight is 362 g/mol. The Morgan fingerprint density at radius 3 is 2.75 bits per heavy atom. The molecule has 0 aliphatic heterocycles. The monoisotopic (exact) mass is 361 g/mol. The fraction of sp³-hybridized carbons (Fsp3) is 0.0556. The summed E-state index contributed by atoms with van der Waals surface area (Å²) in [5.41, 5.74) is 1.65. The molecule has 0 bridgehead atoms. The zero-order valence-corrected chi connectivity index (χ0v) is 14.0. The Kier molecular flexibility index (Phi) is 5.13. The summed E-state index contributed by atoms with van der Waals surface area (Å²) in [6.45, 7) is -0.218. The Hall–Kier alpha value is -2.37. The lowest BCUT2D eigenvalue weighted by Crippen LogP contribution is -2.20. The predicted octanol–water partition coefficient (Wildman–Crippen LogP) is 5.23. The minimum atomic E-state index is -0.457. The SMILES string of the molecule is O=C(COc1ccc(F)cc1Cl)Nc1ccccc1-c1cccs1. The van der Waals surface area contributed by atoms with Gasteiger partial charge >= 0.3 is 0 Å². The molecule has 1 amide bonds. The maximum Gasteiger partial charge on any atom is 0.262 e. The summed E-state index contributed by atoms with van der Waals surface area (Å²) < 4.78 is 18.3. The summed E-state index contributed by atoms with van der Waals surface area (Å²) in [4.78, 5) is 13.2. The average Bonchev–Trinajstić information content (AvgIpc) is 3.09. The van der Waals surface area contributed by atoms with E-state index in [1.807, 2.05) is 41.8 Å². The molecule has 1 aromatic heterocycles. The zero-order valence-electron chi connectivity index (χ0n) is 12.5. The fourth-order valence-electron chi connectivity index (χ4n) is 2.16. The summed E-state index contributed by atoms with van der Waals surface area (Å²) in [5.74, 6) is -0.513. The molecule has 6 heteroatoms. The number of amides is 1. The molecular formula is C18H13ClFNO2S. The van der Waals surface area contributed by atoms with Crippen LogP contribution in [0, 0.1) is 5.82 Å². The van der Waals surface area contributed by atoms with Gasteiger partial charge in [-0.25, -0.2) is 4.39 Å². The second kappa shape index (κ2) is 7.47. The summed E-state index contributed by atoms with van der Waals surface area (Å²) in [5, 5.41) is 4.93. The summed E-state index contributed by atoms with van der Waals surface area (Å²) in [6.07, 6.45) is 0. The molecule has 0 fully saturated rings. The molecule has 0 atom stereocenters. The normalized spacial score (nSPS) is 10.4. The van der Waals surface area contributed by atoms with Crippen molar-refractivity contribution in [2.24, 2.45) is 0 Å². The first kappa shape index (κ1) is 16.5. The molecule has 3 nitrogen and oxygen atoms in total. The van der Waals surface area contributed by atoms with E-state index < -0.39 is 5.82 Å². The van der Waals surface area contributed by atoms with Crippen LogP contribution >= 0.6 is 22.9 Å². The van der Waals surface area contributed by atoms with Crippen molar-refractivity contribution in [3.8, 4) is 16.2 Å². The van der Waals surface area contributed by atoms with Gasteiger partial charge in [-0.15, -0.1) is 11.3 Å². The highest BCUT2D eigenvalue weighted by atomic mass is 35.5. The minimum absolute atomic E-state index is 0.127. The highest BCUT2D eigenvalue weighted by molar-refractivity contribution is 7.13. The number of ether oxygens (including phenoxy) is 1. The third-order valence-corrected chi connectivity index (χ3v) is 4.44. The number of para-hydroxylation sites is 1. The van der Waals surface area contributed by atoms with Crippen LogP contribution in [0.2, 0.25) is 5.02 Å². The van der Waals surface area contributed by atoms with Gasteiger partial charge < -0.3 is 10.1 Å². The van der Waals surface area contributed by atoms with Gasteiger partial charge in [0.1, 0.15) is 11.6 Å². The number of hydrogen-bond acceptors (Lipinski definition) is 3. The molecule has 1 N–H and O–H groups in total. The first-order valence-electron chi connectivity index (χ1n) is 7.14. The van der Waals surface area contributed by atoms with Crippen LogP contribution in [0.25, 0.3) is 10.4 Å². The highest BCUT2D eigenvalue weighted by Gasteiger charge is 2.11. The molecule has 0 unspecified atom stereocenters. The van der Waals surface area contributed by atoms with Gasteiger partial charge in [-0.05, 0) is 35.7 Å². The molecule has 1 heterocycles. The Morgan fingerprint density at radius 1 is 1.17 bits per heavy atom. The number of carbonyl (C=O) groups excluding carboxylic acids is 1. The smallest absolute Gasteiger partial charge is 0.262 e. The fourth-order valence-corrected chi connectivity index (χ4v) is 3.15. The van der Waals surface area contributed by atoms with Gasteiger partial charge in [-0.1, -0.05) is 35.9 Å². The van der Waals surface area contributed by atoms with Crippen molar-refractivity contribution in [3.63, 3.8) is 0 Å². The van der Waals surface area contributed by atoms with Crippen molar-refractivity contribution in [3.05, 3.63) is 70.8 Å². The standard InChI is InChI=1S/C18H13ClFNO2S/c19-14-10-12(20)7-8-16(14)23-11-18(22)21-15-5-2-1-4-13(15)17-6-3-9-24-17/h1-10H,11H2,(H,21,22). The third-order valence-electron chi connectivity index (χ3n) is 3.24. The summed E-state index contributed by atoms with van der Waals surface area (Å²) in [7, 11) is 0. The topological polar surface area (TPSA) is 38.3 Å². The molecule has 2 aromatic carbocycles. The zero-order chi connectivity index (χ0) is 16.9. The Balaban J connectivity index is 1.67. The largest absolute Gasteiger partial charge is 0.482 e. The molecule has 24 heavy (non-hydrogen) atoms. The van der Waals surface area contributed by atoms with E-state index in [4.69, 9.17) is 16.3 Å². The molecule has 0 radical (unpaired) electrons. The third kappa shape index (κ3) is 3.93. The first-order valence-corrected chi connectivity index (χ1v) is 8.40. The molecular weight excluding hydrogens is 349 g/mol. The van der Waals surface area contributed by atoms with Crippen LogP contribution in [0.1, 0.15) is 0 Å². The van der Waals surface area contributed by atoms with Gasteiger partial charge in [-0.3, -0.25) is 4.79 Å². The molecule has 122 valence electrons. The van der Waals surface area contributed by atoms with Crippen LogP contribution < -0.4 is 10.1 Å². The van der Waals surface area contributed by atoms with Gasteiger partial charge in [0, 0.05) is 16.1 Å². The Bertz CT molecular complexity index is 852. The number of nitrogens with one attached hydrogen (secondary N) is 1. The van der Waals surface area contributed by atoms with Crippen LogP contribution in [0.3, 0.4) is 0 Å². The first-order chi connectivity index (χ1) is 11.6. The summed E-state index contributed by atoms with van der Waals surface area (Å²) >= 11 is 7.47. The van der Waals surface area contributed by atoms with Gasteiger partial charge in [0.05, 0.1) is 5.02 Å². The van der Waals surface area contributed by atoms with E-state index in [0.29, 0.717) is 5.69 Å². The van der Waals surface area contributed by atoms with Crippen molar-refractivity contribution in [2.75, 3.05) is 11.9 Å². The van der Waals surface area contributed by atoms with E-state index in [0.717, 1.165) is 16.5 Å². The molecule has 3 rings (SSSR count). The second-order valence-corrected chi connectivity index (χ2v) is 6.29. The van der Waals surface area contributed by atoms with Crippen molar-refractivity contribution < 1.29 is 13.9 Å². The lowest BCUT2D eigenvalue weighted by atomic mass is 10.1. The van der Waals surface area contributed by atoms with Crippen molar-refractivity contribution in [1.82, 2.24) is 0 Å². The van der Waals surface area contributed by atoms with Crippen LogP contribution in [-0.4, -0.2) is 12.5 Å². The van der Waals surface area contributed by atoms with Crippen LogP contribution in [-0.2, 0) is 4.79 Å².